The van der Waals surface area contributed by atoms with Crippen LogP contribution in [0.4, 0.5) is 11.4 Å². The van der Waals surface area contributed by atoms with E-state index in [0.717, 1.165) is 22.3 Å². The van der Waals surface area contributed by atoms with Crippen molar-refractivity contribution in [3.05, 3.63) is 95.1 Å². The van der Waals surface area contributed by atoms with Crippen molar-refractivity contribution in [1.29, 1.82) is 0 Å². The third-order valence-electron chi connectivity index (χ3n) is 6.87. The van der Waals surface area contributed by atoms with Crippen molar-refractivity contribution in [3.63, 3.8) is 0 Å². The summed E-state index contributed by atoms with van der Waals surface area (Å²) in [6.45, 7) is 1.43. The topological polar surface area (TPSA) is 66.5 Å². The molecule has 1 aliphatic heterocycles. The number of carbonyl (C=O) groups excluding carboxylic acids is 3. The van der Waals surface area contributed by atoms with E-state index in [-0.39, 0.29) is 29.6 Å². The quantitative estimate of drug-likeness (QED) is 0.651. The Morgan fingerprint density at radius 2 is 1.23 bits per heavy atom. The second kappa shape index (κ2) is 6.38. The van der Waals surface area contributed by atoms with Crippen LogP contribution in [0.15, 0.2) is 72.8 Å². The van der Waals surface area contributed by atoms with Crippen LogP contribution in [-0.2, 0) is 14.4 Å². The molecule has 2 bridgehead atoms. The highest BCUT2D eigenvalue weighted by Crippen LogP contribution is 2.61. The Hall–Kier alpha value is -3.73. The first-order valence-electron chi connectivity index (χ1n) is 10.5. The van der Waals surface area contributed by atoms with E-state index in [1.165, 1.54) is 11.8 Å². The average Bonchev–Trinajstić information content (AvgIpc) is 3.04. The molecule has 0 unspecified atom stereocenters. The van der Waals surface area contributed by atoms with E-state index in [2.05, 4.69) is 29.6 Å². The van der Waals surface area contributed by atoms with Gasteiger partial charge in [0.15, 0.2) is 0 Å². The van der Waals surface area contributed by atoms with Crippen LogP contribution >= 0.6 is 0 Å². The van der Waals surface area contributed by atoms with Gasteiger partial charge in [-0.15, -0.1) is 0 Å². The van der Waals surface area contributed by atoms with Crippen LogP contribution in [0.1, 0.15) is 41.0 Å². The molecule has 1 heterocycles. The van der Waals surface area contributed by atoms with Crippen LogP contribution in [0.5, 0.6) is 0 Å². The van der Waals surface area contributed by atoms with Gasteiger partial charge in [0.25, 0.3) is 0 Å². The zero-order chi connectivity index (χ0) is 21.3. The molecule has 7 rings (SSSR count). The van der Waals surface area contributed by atoms with Crippen LogP contribution in [-0.4, -0.2) is 17.7 Å². The molecule has 2 atom stereocenters. The molecule has 3 aromatic rings. The van der Waals surface area contributed by atoms with Crippen molar-refractivity contribution in [2.45, 2.75) is 18.8 Å². The van der Waals surface area contributed by atoms with Gasteiger partial charge in [-0.3, -0.25) is 14.4 Å². The van der Waals surface area contributed by atoms with Crippen molar-refractivity contribution >= 4 is 29.1 Å². The number of amides is 3. The van der Waals surface area contributed by atoms with E-state index in [9.17, 15) is 14.4 Å². The first-order valence-corrected chi connectivity index (χ1v) is 10.5. The van der Waals surface area contributed by atoms with Crippen LogP contribution in [0.2, 0.25) is 0 Å². The van der Waals surface area contributed by atoms with Gasteiger partial charge in [-0.2, -0.15) is 0 Å². The summed E-state index contributed by atoms with van der Waals surface area (Å²) in [7, 11) is 0. The Bertz CT molecular complexity index is 1170. The summed E-state index contributed by atoms with van der Waals surface area (Å²) in [5, 5.41) is 2.73. The maximum Gasteiger partial charge on any atom is 0.238 e. The van der Waals surface area contributed by atoms with E-state index in [0.29, 0.717) is 11.4 Å². The molecular weight excluding hydrogens is 388 g/mol. The Morgan fingerprint density at radius 3 is 1.68 bits per heavy atom. The highest BCUT2D eigenvalue weighted by molar-refractivity contribution is 6.23. The first-order chi connectivity index (χ1) is 15.1. The first kappa shape index (κ1) is 18.1. The molecule has 3 amide bonds. The van der Waals surface area contributed by atoms with Crippen molar-refractivity contribution < 1.29 is 14.4 Å². The van der Waals surface area contributed by atoms with Crippen molar-refractivity contribution in [3.8, 4) is 0 Å². The number of benzene rings is 3. The summed E-state index contributed by atoms with van der Waals surface area (Å²) in [5.41, 5.74) is 5.69. The van der Waals surface area contributed by atoms with E-state index in [1.54, 1.807) is 24.3 Å². The molecule has 5 nitrogen and oxygen atoms in total. The number of hydrogen-bond acceptors (Lipinski definition) is 3. The largest absolute Gasteiger partial charge is 0.326 e. The van der Waals surface area contributed by atoms with Gasteiger partial charge in [0.05, 0.1) is 17.5 Å². The van der Waals surface area contributed by atoms with Gasteiger partial charge in [-0.05, 0) is 40.5 Å². The van der Waals surface area contributed by atoms with Gasteiger partial charge in [-0.1, -0.05) is 54.6 Å². The molecule has 152 valence electrons. The summed E-state index contributed by atoms with van der Waals surface area (Å²) in [6.07, 6.45) is 0. The van der Waals surface area contributed by atoms with E-state index in [4.69, 9.17) is 0 Å². The number of nitrogens with zero attached hydrogens (tertiary/aromatic N) is 1. The molecule has 0 radical (unpaired) electrons. The van der Waals surface area contributed by atoms with Gasteiger partial charge in [-0.25, -0.2) is 4.90 Å². The predicted octanol–water partition coefficient (Wildman–Crippen LogP) is 4.04. The fourth-order valence-electron chi connectivity index (χ4n) is 5.86. The minimum absolute atomic E-state index is 0.123. The summed E-state index contributed by atoms with van der Waals surface area (Å²) < 4.78 is 0. The van der Waals surface area contributed by atoms with Crippen molar-refractivity contribution in [1.82, 2.24) is 0 Å². The average molecular weight is 408 g/mol. The van der Waals surface area contributed by atoms with Crippen LogP contribution < -0.4 is 10.2 Å². The molecule has 3 aromatic carbocycles. The Balaban J connectivity index is 1.50. The Morgan fingerprint density at radius 1 is 0.742 bits per heavy atom. The third-order valence-corrected chi connectivity index (χ3v) is 6.87. The lowest BCUT2D eigenvalue weighted by Crippen LogP contribution is -2.41. The summed E-state index contributed by atoms with van der Waals surface area (Å²) in [4.78, 5) is 40.2. The lowest BCUT2D eigenvalue weighted by atomic mass is 9.55. The summed E-state index contributed by atoms with van der Waals surface area (Å²) in [5.74, 6) is -1.58. The number of anilines is 2. The third kappa shape index (κ3) is 2.40. The minimum atomic E-state index is -0.410. The highest BCUT2D eigenvalue weighted by atomic mass is 16.2. The Kier molecular flexibility index (Phi) is 3.72. The van der Waals surface area contributed by atoms with Crippen molar-refractivity contribution in [2.75, 3.05) is 10.2 Å². The normalized spacial score (nSPS) is 25.1. The number of nitrogens with one attached hydrogen (secondary N) is 1. The lowest BCUT2D eigenvalue weighted by Gasteiger charge is -2.45. The van der Waals surface area contributed by atoms with Gasteiger partial charge in [0.2, 0.25) is 17.7 Å². The summed E-state index contributed by atoms with van der Waals surface area (Å²) >= 11 is 0. The van der Waals surface area contributed by atoms with Crippen molar-refractivity contribution in [2.24, 2.45) is 11.8 Å². The van der Waals surface area contributed by atoms with Gasteiger partial charge in [0, 0.05) is 24.4 Å². The van der Waals surface area contributed by atoms with Gasteiger partial charge < -0.3 is 5.32 Å². The molecule has 0 saturated carbocycles. The SMILES string of the molecule is CC(=O)Nc1cccc(N2C(=O)[C@H]3C4c5ccccc5C(c5ccccc54)[C@@H]3C2=O)c1. The fourth-order valence-corrected chi connectivity index (χ4v) is 5.86. The van der Waals surface area contributed by atoms with Gasteiger partial charge >= 0.3 is 0 Å². The number of imide groups is 1. The van der Waals surface area contributed by atoms with Crippen LogP contribution in [0.25, 0.3) is 0 Å². The monoisotopic (exact) mass is 408 g/mol. The van der Waals surface area contributed by atoms with Crippen LogP contribution in [0.3, 0.4) is 0 Å². The number of rotatable bonds is 2. The molecule has 1 N–H and O–H groups in total. The van der Waals surface area contributed by atoms with Crippen LogP contribution in [0, 0.1) is 11.8 Å². The van der Waals surface area contributed by atoms with Gasteiger partial charge in [0.1, 0.15) is 0 Å². The smallest absolute Gasteiger partial charge is 0.238 e. The molecular formula is C26H20N2O3. The highest BCUT2D eigenvalue weighted by Gasteiger charge is 2.61. The number of carbonyl (C=O) groups is 3. The zero-order valence-electron chi connectivity index (χ0n) is 16.9. The maximum atomic E-state index is 13.7. The zero-order valence-corrected chi connectivity index (χ0v) is 16.9. The summed E-state index contributed by atoms with van der Waals surface area (Å²) in [6, 6.07) is 23.3. The molecule has 0 aromatic heterocycles. The molecule has 0 spiro atoms. The minimum Gasteiger partial charge on any atom is -0.326 e. The fraction of sp³-hybridized carbons (Fsp3) is 0.192. The van der Waals surface area contributed by atoms with E-state index < -0.39 is 11.8 Å². The molecule has 1 saturated heterocycles. The molecule has 1 fully saturated rings. The standard InChI is InChI=1S/C26H20N2O3/c1-14(29)27-15-7-6-8-16(13-15)28-25(30)23-21-17-9-2-3-10-18(17)22(24(23)26(28)31)20-12-5-4-11-19(20)21/h2-13,21-24H,1H3,(H,27,29)/t21?,22?,23-,24-/m0/s1. The van der Waals surface area contributed by atoms with E-state index >= 15 is 0 Å². The second-order valence-electron chi connectivity index (χ2n) is 8.51. The van der Waals surface area contributed by atoms with E-state index in [1.807, 2.05) is 24.3 Å². The second-order valence-corrected chi connectivity index (χ2v) is 8.51. The maximum absolute atomic E-state index is 13.7. The molecule has 4 aliphatic rings. The molecule has 5 heteroatoms. The predicted molar refractivity (Wildman–Crippen MR) is 117 cm³/mol. The lowest BCUT2D eigenvalue weighted by molar-refractivity contribution is -0.122. The number of hydrogen-bond donors (Lipinski definition) is 1. The molecule has 31 heavy (non-hydrogen) atoms. The molecule has 3 aliphatic carbocycles. The Labute approximate surface area is 179 Å².